The van der Waals surface area contributed by atoms with Crippen LogP contribution in [0.1, 0.15) is 35.6 Å². The quantitative estimate of drug-likeness (QED) is 0.867. The smallest absolute Gasteiger partial charge is 0.288 e. The summed E-state index contributed by atoms with van der Waals surface area (Å²) in [5.74, 6) is 0.315. The van der Waals surface area contributed by atoms with Gasteiger partial charge in [-0.25, -0.2) is 9.38 Å². The maximum atomic E-state index is 13.5. The van der Waals surface area contributed by atoms with Crippen LogP contribution in [0.5, 0.6) is 0 Å². The van der Waals surface area contributed by atoms with Gasteiger partial charge in [-0.3, -0.25) is 0 Å². The Balaban J connectivity index is 1.44. The third kappa shape index (κ3) is 3.28. The Morgan fingerprint density at radius 3 is 2.79 bits per heavy atom. The van der Waals surface area contributed by atoms with Crippen LogP contribution in [0.4, 0.5) is 4.39 Å². The fourth-order valence-electron chi connectivity index (χ4n) is 4.76. The van der Waals surface area contributed by atoms with E-state index in [9.17, 15) is 4.39 Å². The summed E-state index contributed by atoms with van der Waals surface area (Å²) in [5.41, 5.74) is 3.68. The van der Waals surface area contributed by atoms with Crippen LogP contribution in [-0.2, 0) is 11.2 Å². The van der Waals surface area contributed by atoms with Gasteiger partial charge in [-0.1, -0.05) is 36.4 Å². The van der Waals surface area contributed by atoms with E-state index >= 15 is 0 Å². The molecule has 0 saturated carbocycles. The minimum absolute atomic E-state index is 0.00697. The molecule has 2 aromatic carbocycles. The van der Waals surface area contributed by atoms with Crippen LogP contribution in [0.2, 0.25) is 0 Å². The molecule has 0 radical (unpaired) electrons. The van der Waals surface area contributed by atoms with Crippen LogP contribution < -0.4 is 5.32 Å². The number of piperidine rings is 1. The van der Waals surface area contributed by atoms with E-state index in [0.717, 1.165) is 44.2 Å². The molecule has 5 rings (SSSR count). The Kier molecular flexibility index (Phi) is 4.77. The maximum absolute atomic E-state index is 13.5. The number of fused-ring (bicyclic) bond motifs is 1. The molecule has 146 valence electrons. The summed E-state index contributed by atoms with van der Waals surface area (Å²) in [6.45, 7) is 3.70. The number of ether oxygens (including phenoxy) is 1. The third-order valence-corrected chi connectivity index (χ3v) is 6.24. The lowest BCUT2D eigenvalue weighted by atomic mass is 9.88. The monoisotopic (exact) mass is 379 g/mol. The van der Waals surface area contributed by atoms with Crippen LogP contribution in [0.25, 0.3) is 0 Å². The first-order chi connectivity index (χ1) is 13.8. The second kappa shape index (κ2) is 7.55. The molecule has 0 aliphatic carbocycles. The molecule has 0 spiro atoms. The van der Waals surface area contributed by atoms with E-state index in [1.54, 1.807) is 12.1 Å². The zero-order valence-electron chi connectivity index (χ0n) is 16.0. The second-order valence-corrected chi connectivity index (χ2v) is 7.98. The van der Waals surface area contributed by atoms with Gasteiger partial charge in [0.15, 0.2) is 0 Å². The minimum atomic E-state index is -0.210. The summed E-state index contributed by atoms with van der Waals surface area (Å²) >= 11 is 0. The molecule has 0 bridgehead atoms. The van der Waals surface area contributed by atoms with Gasteiger partial charge in [-0.05, 0) is 54.6 Å². The van der Waals surface area contributed by atoms with E-state index in [-0.39, 0.29) is 18.0 Å². The highest BCUT2D eigenvalue weighted by Crippen LogP contribution is 2.37. The van der Waals surface area contributed by atoms with Crippen molar-refractivity contribution in [2.75, 3.05) is 26.2 Å². The van der Waals surface area contributed by atoms with Crippen molar-refractivity contribution in [1.82, 2.24) is 10.2 Å². The number of benzene rings is 2. The summed E-state index contributed by atoms with van der Waals surface area (Å²) < 4.78 is 19.9. The summed E-state index contributed by atoms with van der Waals surface area (Å²) in [5, 5.41) is 3.48. The zero-order valence-corrected chi connectivity index (χ0v) is 16.0. The molecule has 1 fully saturated rings. The number of nitrogens with zero attached hydrogens (tertiary/aromatic N) is 2. The highest BCUT2D eigenvalue weighted by molar-refractivity contribution is 5.77. The molecule has 3 aliphatic rings. The predicted molar refractivity (Wildman–Crippen MR) is 108 cm³/mol. The molecule has 5 heteroatoms. The molecule has 0 unspecified atom stereocenters. The van der Waals surface area contributed by atoms with Gasteiger partial charge in [0.1, 0.15) is 11.9 Å². The van der Waals surface area contributed by atoms with Crippen molar-refractivity contribution in [1.29, 1.82) is 0 Å². The van der Waals surface area contributed by atoms with E-state index in [0.29, 0.717) is 5.92 Å². The van der Waals surface area contributed by atoms with Crippen molar-refractivity contribution in [2.24, 2.45) is 10.9 Å². The molecule has 28 heavy (non-hydrogen) atoms. The van der Waals surface area contributed by atoms with E-state index in [2.05, 4.69) is 34.5 Å². The molecule has 1 N–H and O–H groups in total. The van der Waals surface area contributed by atoms with E-state index < -0.39 is 0 Å². The maximum Gasteiger partial charge on any atom is 0.288 e. The van der Waals surface area contributed by atoms with Crippen molar-refractivity contribution in [2.45, 2.75) is 31.4 Å². The zero-order chi connectivity index (χ0) is 18.9. The number of rotatable bonds is 2. The lowest BCUT2D eigenvalue weighted by molar-refractivity contribution is 0.104. The molecule has 1 saturated heterocycles. The van der Waals surface area contributed by atoms with Crippen LogP contribution in [0.3, 0.4) is 0 Å². The molecule has 4 nitrogen and oxygen atoms in total. The van der Waals surface area contributed by atoms with Crippen molar-refractivity contribution in [3.05, 3.63) is 71.0 Å². The second-order valence-electron chi connectivity index (χ2n) is 7.98. The summed E-state index contributed by atoms with van der Waals surface area (Å²) in [6, 6.07) is 16.1. The molecule has 0 aromatic heterocycles. The SMILES string of the molecule is Fc1ccc([C@H]2c3ccccc3CCN2C2=NC[C@@H]([C@H]3CCCNC3)O2)cc1. The minimum Gasteiger partial charge on any atom is -0.460 e. The summed E-state index contributed by atoms with van der Waals surface area (Å²) in [7, 11) is 0. The van der Waals surface area contributed by atoms with Crippen LogP contribution >= 0.6 is 0 Å². The molecule has 2 aromatic rings. The van der Waals surface area contributed by atoms with Gasteiger partial charge in [0.25, 0.3) is 6.02 Å². The number of hydrogen-bond acceptors (Lipinski definition) is 4. The molecule has 3 heterocycles. The summed E-state index contributed by atoms with van der Waals surface area (Å²) in [6.07, 6.45) is 3.53. The Labute approximate surface area is 165 Å². The molecule has 0 amide bonds. The normalized spacial score (nSPS) is 27.1. The van der Waals surface area contributed by atoms with E-state index in [4.69, 9.17) is 9.73 Å². The van der Waals surface area contributed by atoms with Gasteiger partial charge in [0, 0.05) is 19.0 Å². The van der Waals surface area contributed by atoms with Crippen LogP contribution in [0.15, 0.2) is 53.5 Å². The van der Waals surface area contributed by atoms with Crippen molar-refractivity contribution >= 4 is 6.02 Å². The lowest BCUT2D eigenvalue weighted by Gasteiger charge is -2.39. The summed E-state index contributed by atoms with van der Waals surface area (Å²) in [4.78, 5) is 7.07. The standard InChI is InChI=1S/C23H26FN3O/c24-19-9-7-17(8-10-19)22-20-6-2-1-4-16(20)11-13-27(22)23-26-15-21(28-23)18-5-3-12-25-14-18/h1-2,4,6-10,18,21-22,25H,3,5,11-15H2/t18-,21-,22-/m0/s1. The number of hydrogen-bond donors (Lipinski definition) is 1. The largest absolute Gasteiger partial charge is 0.460 e. The topological polar surface area (TPSA) is 36.9 Å². The van der Waals surface area contributed by atoms with Crippen molar-refractivity contribution in [3.8, 4) is 0 Å². The highest BCUT2D eigenvalue weighted by atomic mass is 19.1. The van der Waals surface area contributed by atoms with Crippen LogP contribution in [0, 0.1) is 11.7 Å². The lowest BCUT2D eigenvalue weighted by Crippen LogP contribution is -2.43. The Bertz CT molecular complexity index is 860. The van der Waals surface area contributed by atoms with E-state index in [1.165, 1.54) is 24.0 Å². The first kappa shape index (κ1) is 17.7. The highest BCUT2D eigenvalue weighted by Gasteiger charge is 2.37. The number of nitrogens with one attached hydrogen (secondary N) is 1. The van der Waals surface area contributed by atoms with Gasteiger partial charge in [0.05, 0.1) is 12.6 Å². The molecule has 3 aliphatic heterocycles. The number of aliphatic imine (C=N–C) groups is 1. The Hall–Kier alpha value is -2.40. The number of amidine groups is 1. The van der Waals surface area contributed by atoms with Gasteiger partial charge in [-0.2, -0.15) is 0 Å². The average Bonchev–Trinajstić information content (AvgIpc) is 3.24. The molecular formula is C23H26FN3O. The predicted octanol–water partition coefficient (Wildman–Crippen LogP) is 3.53. The molecule has 3 atom stereocenters. The number of halogens is 1. The fraction of sp³-hybridized carbons (Fsp3) is 0.435. The van der Waals surface area contributed by atoms with Crippen molar-refractivity contribution in [3.63, 3.8) is 0 Å². The average molecular weight is 379 g/mol. The Morgan fingerprint density at radius 2 is 1.96 bits per heavy atom. The first-order valence-electron chi connectivity index (χ1n) is 10.3. The van der Waals surface area contributed by atoms with Crippen molar-refractivity contribution < 1.29 is 9.13 Å². The van der Waals surface area contributed by atoms with Crippen LogP contribution in [-0.4, -0.2) is 43.2 Å². The van der Waals surface area contributed by atoms with Gasteiger partial charge in [-0.15, -0.1) is 0 Å². The van der Waals surface area contributed by atoms with Gasteiger partial charge < -0.3 is 15.0 Å². The van der Waals surface area contributed by atoms with Gasteiger partial charge >= 0.3 is 0 Å². The van der Waals surface area contributed by atoms with Gasteiger partial charge in [0.2, 0.25) is 0 Å². The molecular weight excluding hydrogens is 353 g/mol. The fourth-order valence-corrected chi connectivity index (χ4v) is 4.76. The van der Waals surface area contributed by atoms with E-state index in [1.807, 2.05) is 12.1 Å². The Morgan fingerprint density at radius 1 is 1.11 bits per heavy atom. The third-order valence-electron chi connectivity index (χ3n) is 6.24. The first-order valence-corrected chi connectivity index (χ1v) is 10.3.